The lowest BCUT2D eigenvalue weighted by molar-refractivity contribution is -0.163. The Morgan fingerprint density at radius 1 is 1.14 bits per heavy atom. The van der Waals surface area contributed by atoms with Crippen LogP contribution in [0.25, 0.3) is 0 Å². The molecule has 0 heterocycles. The average molecular weight is 286 g/mol. The van der Waals surface area contributed by atoms with E-state index >= 15 is 0 Å². The average Bonchev–Trinajstić information content (AvgIpc) is 3.19. The standard InChI is InChI=1S/C19H26O2/c1-3-16(20)21-19(2)9-10-7-15(19)18-14-8-13(17(10)18)11-5-4-6-12(11)14/h3,10-15,17-18H,1,4-9H2,2H3. The molecular weight excluding hydrogens is 260 g/mol. The number of hydrogen-bond donors (Lipinski definition) is 0. The minimum absolute atomic E-state index is 0.199. The van der Waals surface area contributed by atoms with Crippen molar-refractivity contribution < 1.29 is 9.53 Å². The summed E-state index contributed by atoms with van der Waals surface area (Å²) in [7, 11) is 0. The minimum atomic E-state index is -0.219. The largest absolute Gasteiger partial charge is 0.456 e. The molecule has 0 aromatic rings. The van der Waals surface area contributed by atoms with E-state index in [1.54, 1.807) is 0 Å². The number of ether oxygens (including phenoxy) is 1. The summed E-state index contributed by atoms with van der Waals surface area (Å²) in [5, 5.41) is 0. The number of fused-ring (bicyclic) bond motifs is 12. The monoisotopic (exact) mass is 286 g/mol. The van der Waals surface area contributed by atoms with Crippen molar-refractivity contribution in [3.63, 3.8) is 0 Å². The molecule has 5 aliphatic carbocycles. The van der Waals surface area contributed by atoms with Gasteiger partial charge in [0.1, 0.15) is 5.60 Å². The summed E-state index contributed by atoms with van der Waals surface area (Å²) in [6.07, 6.45) is 9.73. The van der Waals surface area contributed by atoms with E-state index in [0.29, 0.717) is 5.92 Å². The van der Waals surface area contributed by atoms with Gasteiger partial charge in [-0.05, 0) is 80.5 Å². The van der Waals surface area contributed by atoms with Gasteiger partial charge in [-0.1, -0.05) is 13.0 Å². The fourth-order valence-electron chi connectivity index (χ4n) is 8.01. The summed E-state index contributed by atoms with van der Waals surface area (Å²) in [5.74, 6) is 7.18. The third-order valence-corrected chi connectivity index (χ3v) is 8.22. The highest BCUT2D eigenvalue weighted by Crippen LogP contribution is 2.74. The van der Waals surface area contributed by atoms with Gasteiger partial charge in [0.25, 0.3) is 0 Å². The normalized spacial score (nSPS) is 59.1. The predicted molar refractivity (Wildman–Crippen MR) is 80.3 cm³/mol. The van der Waals surface area contributed by atoms with E-state index < -0.39 is 0 Å². The second-order valence-electron chi connectivity index (χ2n) is 8.72. The maximum atomic E-state index is 11.7. The molecule has 0 aromatic carbocycles. The Kier molecular flexibility index (Phi) is 2.39. The molecular formula is C19H26O2. The number of esters is 1. The Bertz CT molecular complexity index is 512. The first-order chi connectivity index (χ1) is 10.1. The van der Waals surface area contributed by atoms with Crippen molar-refractivity contribution in [3.8, 4) is 0 Å². The van der Waals surface area contributed by atoms with Crippen molar-refractivity contribution in [2.75, 3.05) is 0 Å². The second kappa shape index (κ2) is 3.94. The first-order valence-corrected chi connectivity index (χ1v) is 8.98. The van der Waals surface area contributed by atoms with Gasteiger partial charge in [-0.2, -0.15) is 0 Å². The smallest absolute Gasteiger partial charge is 0.330 e. The molecule has 5 aliphatic rings. The van der Waals surface area contributed by atoms with Crippen LogP contribution in [0.15, 0.2) is 12.7 Å². The van der Waals surface area contributed by atoms with Gasteiger partial charge in [0.05, 0.1) is 0 Å². The molecule has 114 valence electrons. The molecule has 0 amide bonds. The highest BCUT2D eigenvalue weighted by atomic mass is 16.6. The van der Waals surface area contributed by atoms with Crippen LogP contribution in [-0.2, 0) is 9.53 Å². The SMILES string of the molecule is C=CC(=O)OC1(C)CC2CC1C1C3CC(C4CCCC43)C21. The van der Waals surface area contributed by atoms with E-state index in [2.05, 4.69) is 13.5 Å². The van der Waals surface area contributed by atoms with Crippen LogP contribution in [0.1, 0.15) is 45.4 Å². The topological polar surface area (TPSA) is 26.3 Å². The Morgan fingerprint density at radius 2 is 1.86 bits per heavy atom. The molecule has 0 aromatic heterocycles. The molecule has 5 rings (SSSR count). The molecule has 5 saturated carbocycles. The quantitative estimate of drug-likeness (QED) is 0.438. The Hall–Kier alpha value is -0.790. The van der Waals surface area contributed by atoms with Crippen molar-refractivity contribution >= 4 is 5.97 Å². The molecule has 9 unspecified atom stereocenters. The van der Waals surface area contributed by atoms with Crippen LogP contribution in [0, 0.1) is 47.3 Å². The lowest BCUT2D eigenvalue weighted by Gasteiger charge is -2.47. The highest BCUT2D eigenvalue weighted by Gasteiger charge is 2.70. The van der Waals surface area contributed by atoms with E-state index in [9.17, 15) is 4.79 Å². The molecule has 0 radical (unpaired) electrons. The van der Waals surface area contributed by atoms with Gasteiger partial charge in [0.2, 0.25) is 0 Å². The zero-order valence-corrected chi connectivity index (χ0v) is 13.0. The summed E-state index contributed by atoms with van der Waals surface area (Å²) in [6, 6.07) is 0. The van der Waals surface area contributed by atoms with Gasteiger partial charge in [-0.3, -0.25) is 0 Å². The van der Waals surface area contributed by atoms with Crippen LogP contribution >= 0.6 is 0 Å². The number of carbonyl (C=O) groups is 1. The van der Waals surface area contributed by atoms with E-state index in [1.165, 1.54) is 38.2 Å². The van der Waals surface area contributed by atoms with Crippen LogP contribution in [0.2, 0.25) is 0 Å². The van der Waals surface area contributed by atoms with Crippen molar-refractivity contribution in [1.82, 2.24) is 0 Å². The van der Waals surface area contributed by atoms with Gasteiger partial charge in [-0.25, -0.2) is 4.79 Å². The zero-order valence-electron chi connectivity index (χ0n) is 13.0. The molecule has 4 bridgehead atoms. The highest BCUT2D eigenvalue weighted by molar-refractivity contribution is 5.81. The summed E-state index contributed by atoms with van der Waals surface area (Å²) < 4.78 is 5.85. The van der Waals surface area contributed by atoms with Crippen LogP contribution < -0.4 is 0 Å². The summed E-state index contributed by atoms with van der Waals surface area (Å²) in [6.45, 7) is 5.77. The van der Waals surface area contributed by atoms with Crippen LogP contribution in [0.4, 0.5) is 0 Å². The lowest BCUT2D eigenvalue weighted by atomic mass is 9.61. The second-order valence-corrected chi connectivity index (χ2v) is 8.72. The first-order valence-electron chi connectivity index (χ1n) is 8.98. The minimum Gasteiger partial charge on any atom is -0.456 e. The third kappa shape index (κ3) is 1.42. The van der Waals surface area contributed by atoms with Crippen molar-refractivity contribution in [3.05, 3.63) is 12.7 Å². The molecule has 5 fully saturated rings. The molecule has 0 saturated heterocycles. The van der Waals surface area contributed by atoms with Crippen LogP contribution in [0.5, 0.6) is 0 Å². The van der Waals surface area contributed by atoms with Crippen molar-refractivity contribution in [1.29, 1.82) is 0 Å². The molecule has 9 atom stereocenters. The molecule has 0 N–H and O–H groups in total. The Morgan fingerprint density at radius 3 is 2.57 bits per heavy atom. The van der Waals surface area contributed by atoms with E-state index in [1.807, 2.05) is 0 Å². The molecule has 2 heteroatoms. The first kappa shape index (κ1) is 12.7. The maximum absolute atomic E-state index is 11.7. The van der Waals surface area contributed by atoms with E-state index in [-0.39, 0.29) is 11.6 Å². The Balaban J connectivity index is 1.45. The summed E-state index contributed by atoms with van der Waals surface area (Å²) in [4.78, 5) is 11.7. The van der Waals surface area contributed by atoms with Gasteiger partial charge < -0.3 is 4.74 Å². The lowest BCUT2D eigenvalue weighted by Crippen LogP contribution is -2.47. The fourth-order valence-corrected chi connectivity index (χ4v) is 8.01. The van der Waals surface area contributed by atoms with Crippen molar-refractivity contribution in [2.45, 2.75) is 51.0 Å². The van der Waals surface area contributed by atoms with E-state index in [0.717, 1.165) is 47.8 Å². The Labute approximate surface area is 127 Å². The summed E-state index contributed by atoms with van der Waals surface area (Å²) >= 11 is 0. The number of rotatable bonds is 2. The molecule has 2 nitrogen and oxygen atoms in total. The van der Waals surface area contributed by atoms with Crippen LogP contribution in [-0.4, -0.2) is 11.6 Å². The molecule has 21 heavy (non-hydrogen) atoms. The van der Waals surface area contributed by atoms with Crippen molar-refractivity contribution in [2.24, 2.45) is 47.3 Å². The number of hydrogen-bond acceptors (Lipinski definition) is 2. The zero-order chi connectivity index (χ0) is 14.4. The summed E-state index contributed by atoms with van der Waals surface area (Å²) in [5.41, 5.74) is -0.199. The van der Waals surface area contributed by atoms with Gasteiger partial charge in [0, 0.05) is 12.0 Å². The molecule has 0 aliphatic heterocycles. The number of carbonyl (C=O) groups excluding carboxylic acids is 1. The third-order valence-electron chi connectivity index (χ3n) is 8.22. The van der Waals surface area contributed by atoms with Gasteiger partial charge in [0.15, 0.2) is 0 Å². The van der Waals surface area contributed by atoms with E-state index in [4.69, 9.17) is 4.74 Å². The predicted octanol–water partition coefficient (Wildman–Crippen LogP) is 3.81. The molecule has 0 spiro atoms. The fraction of sp³-hybridized carbons (Fsp3) is 0.842. The maximum Gasteiger partial charge on any atom is 0.330 e. The van der Waals surface area contributed by atoms with Gasteiger partial charge in [-0.15, -0.1) is 0 Å². The van der Waals surface area contributed by atoms with Gasteiger partial charge >= 0.3 is 5.97 Å². The van der Waals surface area contributed by atoms with Crippen LogP contribution in [0.3, 0.4) is 0 Å².